The van der Waals surface area contributed by atoms with Gasteiger partial charge < -0.3 is 5.32 Å². The van der Waals surface area contributed by atoms with Crippen molar-refractivity contribution >= 4 is 33.7 Å². The topological polar surface area (TPSA) is 24.9 Å². The first-order valence-corrected chi connectivity index (χ1v) is 9.88. The molecule has 0 amide bonds. The number of aromatic nitrogens is 1. The Bertz CT molecular complexity index is 1020. The summed E-state index contributed by atoms with van der Waals surface area (Å²) < 4.78 is 0. The Balaban J connectivity index is 1.41. The number of halogens is 1. The summed E-state index contributed by atoms with van der Waals surface area (Å²) in [5, 5.41) is 7.94. The van der Waals surface area contributed by atoms with E-state index in [1.807, 2.05) is 24.4 Å². The van der Waals surface area contributed by atoms with Gasteiger partial charge in [0.05, 0.1) is 4.88 Å². The number of fused-ring (bicyclic) bond motifs is 1. The van der Waals surface area contributed by atoms with Crippen LogP contribution in [0, 0.1) is 0 Å². The number of hydrogen-bond acceptors (Lipinski definition) is 3. The normalized spacial score (nSPS) is 11.1. The van der Waals surface area contributed by atoms with Gasteiger partial charge >= 0.3 is 0 Å². The molecule has 1 aromatic heterocycles. The van der Waals surface area contributed by atoms with E-state index in [-0.39, 0.29) is 0 Å². The first kappa shape index (κ1) is 17.2. The molecule has 1 N–H and O–H groups in total. The van der Waals surface area contributed by atoms with Crippen molar-refractivity contribution in [2.75, 3.05) is 6.54 Å². The number of hydrogen-bond donors (Lipinski definition) is 1. The monoisotopic (exact) mass is 378 g/mol. The summed E-state index contributed by atoms with van der Waals surface area (Å²) in [7, 11) is 0. The minimum Gasteiger partial charge on any atom is -0.310 e. The van der Waals surface area contributed by atoms with Gasteiger partial charge in [0.15, 0.2) is 0 Å². The van der Waals surface area contributed by atoms with Gasteiger partial charge in [0.1, 0.15) is 5.01 Å². The van der Waals surface area contributed by atoms with Crippen molar-refractivity contribution in [3.8, 4) is 10.4 Å². The van der Waals surface area contributed by atoms with Crippen LogP contribution in [0.1, 0.15) is 10.6 Å². The Morgan fingerprint density at radius 2 is 1.73 bits per heavy atom. The highest BCUT2D eigenvalue weighted by Crippen LogP contribution is 2.32. The third-order valence-corrected chi connectivity index (χ3v) is 5.81. The summed E-state index contributed by atoms with van der Waals surface area (Å²) in [6, 6.07) is 22.9. The minimum absolute atomic E-state index is 0.778. The second-order valence-electron chi connectivity index (χ2n) is 6.16. The molecular weight excluding hydrogens is 360 g/mol. The number of nitrogens with one attached hydrogen (secondary N) is 1. The van der Waals surface area contributed by atoms with E-state index in [9.17, 15) is 0 Å². The van der Waals surface area contributed by atoms with Crippen LogP contribution in [0.2, 0.25) is 5.02 Å². The van der Waals surface area contributed by atoms with Crippen LogP contribution in [0.15, 0.2) is 72.9 Å². The SMILES string of the molecule is Clc1ccccc1CCNCc1ncc(-c2cccc3ccccc23)s1. The van der Waals surface area contributed by atoms with Crippen LogP contribution < -0.4 is 5.32 Å². The quantitative estimate of drug-likeness (QED) is 0.419. The van der Waals surface area contributed by atoms with Crippen LogP contribution in [0.4, 0.5) is 0 Å². The highest BCUT2D eigenvalue weighted by molar-refractivity contribution is 7.15. The predicted octanol–water partition coefficient (Wildman–Crippen LogP) is 5.95. The van der Waals surface area contributed by atoms with Crippen molar-refractivity contribution < 1.29 is 0 Å². The Morgan fingerprint density at radius 1 is 0.923 bits per heavy atom. The number of nitrogens with zero attached hydrogens (tertiary/aromatic N) is 1. The van der Waals surface area contributed by atoms with Gasteiger partial charge in [-0.1, -0.05) is 72.3 Å². The Morgan fingerprint density at radius 3 is 2.65 bits per heavy atom. The average Bonchev–Trinajstić information content (AvgIpc) is 3.15. The zero-order valence-electron chi connectivity index (χ0n) is 14.3. The van der Waals surface area contributed by atoms with E-state index in [1.165, 1.54) is 26.8 Å². The van der Waals surface area contributed by atoms with Crippen molar-refractivity contribution in [3.63, 3.8) is 0 Å². The number of thiazole rings is 1. The highest BCUT2D eigenvalue weighted by atomic mass is 35.5. The lowest BCUT2D eigenvalue weighted by Gasteiger charge is -2.05. The van der Waals surface area contributed by atoms with E-state index < -0.39 is 0 Å². The summed E-state index contributed by atoms with van der Waals surface area (Å²) in [6.07, 6.45) is 2.90. The molecule has 0 aliphatic heterocycles. The maximum atomic E-state index is 6.20. The van der Waals surface area contributed by atoms with Gasteiger partial charge in [0.25, 0.3) is 0 Å². The lowest BCUT2D eigenvalue weighted by Crippen LogP contribution is -2.16. The molecule has 0 saturated carbocycles. The van der Waals surface area contributed by atoms with Crippen molar-refractivity contribution in [2.45, 2.75) is 13.0 Å². The third-order valence-electron chi connectivity index (χ3n) is 4.41. The molecule has 0 aliphatic rings. The molecular formula is C22H19ClN2S. The molecule has 1 heterocycles. The molecule has 0 bridgehead atoms. The number of rotatable bonds is 6. The fourth-order valence-corrected chi connectivity index (χ4v) is 4.23. The van der Waals surface area contributed by atoms with Crippen LogP contribution in [0.25, 0.3) is 21.2 Å². The fraction of sp³-hybridized carbons (Fsp3) is 0.136. The molecule has 2 nitrogen and oxygen atoms in total. The maximum Gasteiger partial charge on any atom is 0.107 e. The molecule has 4 rings (SSSR count). The second kappa shape index (κ2) is 8.00. The molecule has 4 aromatic rings. The van der Waals surface area contributed by atoms with Crippen LogP contribution in [-0.4, -0.2) is 11.5 Å². The zero-order chi connectivity index (χ0) is 17.8. The van der Waals surface area contributed by atoms with Crippen LogP contribution >= 0.6 is 22.9 Å². The summed E-state index contributed by atoms with van der Waals surface area (Å²) in [5.74, 6) is 0. The summed E-state index contributed by atoms with van der Waals surface area (Å²) in [6.45, 7) is 1.66. The van der Waals surface area contributed by atoms with Crippen molar-refractivity contribution in [1.82, 2.24) is 10.3 Å². The summed E-state index contributed by atoms with van der Waals surface area (Å²) in [5.41, 5.74) is 2.43. The summed E-state index contributed by atoms with van der Waals surface area (Å²) >= 11 is 7.95. The molecule has 0 radical (unpaired) electrons. The van der Waals surface area contributed by atoms with E-state index in [2.05, 4.69) is 58.8 Å². The van der Waals surface area contributed by atoms with Gasteiger partial charge in [-0.2, -0.15) is 0 Å². The van der Waals surface area contributed by atoms with Gasteiger partial charge in [-0.25, -0.2) is 4.98 Å². The molecule has 0 atom stereocenters. The Kier molecular flexibility index (Phi) is 5.30. The molecule has 0 unspecified atom stereocenters. The molecule has 0 spiro atoms. The van der Waals surface area contributed by atoms with Crippen molar-refractivity contribution in [2.24, 2.45) is 0 Å². The fourth-order valence-electron chi connectivity index (χ4n) is 3.08. The average molecular weight is 379 g/mol. The molecule has 0 aliphatic carbocycles. The van der Waals surface area contributed by atoms with Crippen LogP contribution in [0.3, 0.4) is 0 Å². The largest absolute Gasteiger partial charge is 0.310 e. The zero-order valence-corrected chi connectivity index (χ0v) is 15.9. The summed E-state index contributed by atoms with van der Waals surface area (Å²) in [4.78, 5) is 5.80. The van der Waals surface area contributed by atoms with Gasteiger partial charge in [-0.3, -0.25) is 0 Å². The molecule has 4 heteroatoms. The van der Waals surface area contributed by atoms with Crippen molar-refractivity contribution in [3.05, 3.63) is 88.5 Å². The lowest BCUT2D eigenvalue weighted by atomic mass is 10.0. The van der Waals surface area contributed by atoms with Crippen molar-refractivity contribution in [1.29, 1.82) is 0 Å². The smallest absolute Gasteiger partial charge is 0.107 e. The predicted molar refractivity (Wildman–Crippen MR) is 112 cm³/mol. The van der Waals surface area contributed by atoms with E-state index in [0.29, 0.717) is 0 Å². The van der Waals surface area contributed by atoms with Crippen LogP contribution in [-0.2, 0) is 13.0 Å². The first-order chi connectivity index (χ1) is 12.8. The Hall–Kier alpha value is -2.20. The molecule has 130 valence electrons. The van der Waals surface area contributed by atoms with Gasteiger partial charge in [0.2, 0.25) is 0 Å². The second-order valence-corrected chi connectivity index (χ2v) is 7.69. The van der Waals surface area contributed by atoms with E-state index in [4.69, 9.17) is 11.6 Å². The van der Waals surface area contributed by atoms with Gasteiger partial charge in [-0.15, -0.1) is 11.3 Å². The minimum atomic E-state index is 0.778. The molecule has 0 fully saturated rings. The third kappa shape index (κ3) is 3.80. The first-order valence-electron chi connectivity index (χ1n) is 8.68. The highest BCUT2D eigenvalue weighted by Gasteiger charge is 2.08. The maximum absolute atomic E-state index is 6.20. The Labute approximate surface area is 162 Å². The molecule has 3 aromatic carbocycles. The van der Waals surface area contributed by atoms with Gasteiger partial charge in [-0.05, 0) is 35.4 Å². The standard InChI is InChI=1S/C22H19ClN2S/c23-20-11-4-2-7-17(20)12-13-24-15-22-25-14-21(26-22)19-10-5-8-16-6-1-3-9-18(16)19/h1-11,14,24H,12-13,15H2. The molecule has 26 heavy (non-hydrogen) atoms. The number of benzene rings is 3. The van der Waals surface area contributed by atoms with E-state index in [0.717, 1.165) is 29.5 Å². The van der Waals surface area contributed by atoms with E-state index in [1.54, 1.807) is 11.3 Å². The lowest BCUT2D eigenvalue weighted by molar-refractivity contribution is 0.684. The molecule has 0 saturated heterocycles. The van der Waals surface area contributed by atoms with E-state index >= 15 is 0 Å². The van der Waals surface area contributed by atoms with Gasteiger partial charge in [0, 0.05) is 23.3 Å². The van der Waals surface area contributed by atoms with Crippen LogP contribution in [0.5, 0.6) is 0 Å².